The number of esters is 1. The summed E-state index contributed by atoms with van der Waals surface area (Å²) in [5.41, 5.74) is 9.03. The van der Waals surface area contributed by atoms with Gasteiger partial charge in [-0.05, 0) is 149 Å². The predicted octanol–water partition coefficient (Wildman–Crippen LogP) is 7.48. The number of carboxylic acids is 1. The number of aliphatic hydroxyl groups is 1. The second-order valence-electron chi connectivity index (χ2n) is 22.0. The van der Waals surface area contributed by atoms with E-state index in [1.807, 2.05) is 82.4 Å². The van der Waals surface area contributed by atoms with Crippen molar-refractivity contribution in [3.05, 3.63) is 122 Å². The molecule has 2 saturated heterocycles. The molecule has 85 heavy (non-hydrogen) atoms. The number of aromatic nitrogens is 2. The molecule has 8 N–H and O–H groups in total. The average molecular weight is 1170 g/mol. The van der Waals surface area contributed by atoms with Gasteiger partial charge in [-0.1, -0.05) is 77.3 Å². The Balaban J connectivity index is 0.000000307. The van der Waals surface area contributed by atoms with E-state index in [-0.39, 0.29) is 29.6 Å². The zero-order valence-electron chi connectivity index (χ0n) is 50.5. The molecule has 0 bridgehead atoms. The summed E-state index contributed by atoms with van der Waals surface area (Å²) in [7, 11) is 0. The number of rotatable bonds is 25. The van der Waals surface area contributed by atoms with Crippen LogP contribution in [0.5, 0.6) is 0 Å². The highest BCUT2D eigenvalue weighted by Crippen LogP contribution is 2.25. The maximum atomic E-state index is 13.2. The number of hydrazine groups is 2. The second kappa shape index (κ2) is 34.6. The number of amides is 6. The number of aliphatic carboxylic acids is 1. The van der Waals surface area contributed by atoms with E-state index in [1.54, 1.807) is 51.3 Å². The molecule has 0 saturated carbocycles. The summed E-state index contributed by atoms with van der Waals surface area (Å²) in [6.07, 6.45) is 15.0. The third kappa shape index (κ3) is 21.8. The minimum absolute atomic E-state index is 0.157. The van der Waals surface area contributed by atoms with Crippen molar-refractivity contribution < 1.29 is 53.3 Å². The van der Waals surface area contributed by atoms with Crippen LogP contribution in [0.25, 0.3) is 33.7 Å². The molecular weight excluding hydrogens is 1080 g/mol. The lowest BCUT2D eigenvalue weighted by atomic mass is 10.0. The Labute approximate surface area is 499 Å². The molecule has 6 amide bonds. The van der Waals surface area contributed by atoms with E-state index in [0.29, 0.717) is 70.9 Å². The van der Waals surface area contributed by atoms with E-state index in [4.69, 9.17) is 9.84 Å². The van der Waals surface area contributed by atoms with E-state index in [9.17, 15) is 43.5 Å². The van der Waals surface area contributed by atoms with Gasteiger partial charge < -0.3 is 36.2 Å². The smallest absolute Gasteiger partial charge is 0.325 e. The number of carbonyl (C=O) groups excluding carboxylic acids is 7. The normalized spacial score (nSPS) is 16.9. The van der Waals surface area contributed by atoms with Crippen LogP contribution in [0.2, 0.25) is 0 Å². The standard InChI is InChI=1S/C32H43N5O5.C19H32N4O5.C13H13NO/c1-7-9-10-13-28(38)35-29(20(3)4)30(39)34-21(5)31(40)37-16-11-12-27(36-37)32(41)42-22(6)23-14-15-24-19-33-26(8-2)18-25(24)17-23;1-5-6-7-10-15(24)21-16(12(2)3)17(25)20-13(4)18(26)23-11-8-9-14(22-23)19(27)28;1-3-13-7-12-6-10(9(2)15)4-5-11(12)8-14-13/h7-8,14-15,17-22,27,29,36H,1-2,9-13,16H2,3-6H3,(H,34,39)(H,35,38);5,12-14,16,22H,1,6-11H2,2-4H3,(H,20,25)(H,21,24)(H,27,28);3-9,15H,1H2,2H3/t21-,22+,27-,29-;13-,14-,16-;9-/m001/s1. The summed E-state index contributed by atoms with van der Waals surface area (Å²) in [5.74, 6) is -3.93. The van der Waals surface area contributed by atoms with Gasteiger partial charge >= 0.3 is 11.9 Å². The summed E-state index contributed by atoms with van der Waals surface area (Å²) >= 11 is 0. The van der Waals surface area contributed by atoms with Gasteiger partial charge in [-0.2, -0.15) is 0 Å². The lowest BCUT2D eigenvalue weighted by Crippen LogP contribution is -2.61. The first-order valence-electron chi connectivity index (χ1n) is 29.1. The second-order valence-corrected chi connectivity index (χ2v) is 22.0. The Hall–Kier alpha value is -8.14. The highest BCUT2D eigenvalue weighted by Gasteiger charge is 2.35. The molecule has 2 aliphatic heterocycles. The predicted molar refractivity (Wildman–Crippen MR) is 329 cm³/mol. The SMILES string of the molecule is C=CCCCC(=O)N[C@H](C(=O)N[C@@H](C)C(=O)N1CCC[C@@H](C(=O)O)N1)C(C)C.C=CCCCC(=O)N[C@H](C(=O)N[C@@H](C)C(=O)N1CCC[C@@H](C(=O)O[C@H](C)c2ccc3cnc(C=C)cc3c2)N1)C(C)C.C=Cc1cc2cc([C@@H](C)O)ccc2cn1. The van der Waals surface area contributed by atoms with E-state index in [0.717, 1.165) is 50.5 Å². The van der Waals surface area contributed by atoms with Crippen LogP contribution in [0.1, 0.15) is 154 Å². The number of hydrogen-bond donors (Lipinski definition) is 8. The fourth-order valence-electron chi connectivity index (χ4n) is 9.22. The Morgan fingerprint density at radius 3 is 1.45 bits per heavy atom. The molecule has 0 unspecified atom stereocenters. The number of benzene rings is 2. The van der Waals surface area contributed by atoms with Gasteiger partial charge in [0.25, 0.3) is 11.8 Å². The fraction of sp³-hybridized carbons (Fsp3) is 0.469. The summed E-state index contributed by atoms with van der Waals surface area (Å²) < 4.78 is 5.77. The molecule has 2 aliphatic rings. The quantitative estimate of drug-likeness (QED) is 0.0181. The van der Waals surface area contributed by atoms with Crippen LogP contribution in [0.4, 0.5) is 0 Å². The first kappa shape index (κ1) is 69.4. The number of hydrogen-bond acceptors (Lipinski definition) is 14. The molecule has 2 fully saturated rings. The maximum absolute atomic E-state index is 13.2. The molecule has 2 aromatic carbocycles. The Kier molecular flexibility index (Phi) is 28.2. The van der Waals surface area contributed by atoms with Crippen molar-refractivity contribution in [1.82, 2.24) is 52.1 Å². The van der Waals surface area contributed by atoms with E-state index < -0.39 is 78.1 Å². The van der Waals surface area contributed by atoms with E-state index >= 15 is 0 Å². The number of nitrogens with one attached hydrogen (secondary N) is 6. The van der Waals surface area contributed by atoms with Crippen LogP contribution in [0.3, 0.4) is 0 Å². The largest absolute Gasteiger partial charge is 0.480 e. The Morgan fingerprint density at radius 2 is 1.04 bits per heavy atom. The number of aliphatic hydroxyl groups excluding tert-OH is 1. The number of fused-ring (bicyclic) bond motifs is 2. The lowest BCUT2D eigenvalue weighted by Gasteiger charge is -2.35. The third-order valence-electron chi connectivity index (χ3n) is 14.3. The van der Waals surface area contributed by atoms with E-state index in [2.05, 4.69) is 68.4 Å². The zero-order chi connectivity index (χ0) is 62.9. The molecule has 21 heteroatoms. The van der Waals surface area contributed by atoms with Crippen molar-refractivity contribution >= 4 is 81.1 Å². The number of carbonyl (C=O) groups is 8. The topological polar surface area (TPSA) is 291 Å². The van der Waals surface area contributed by atoms with Crippen molar-refractivity contribution in [2.24, 2.45) is 11.8 Å². The summed E-state index contributed by atoms with van der Waals surface area (Å²) in [4.78, 5) is 108. The van der Waals surface area contributed by atoms with Crippen molar-refractivity contribution in [3.63, 3.8) is 0 Å². The molecule has 2 aromatic heterocycles. The summed E-state index contributed by atoms with van der Waals surface area (Å²) in [5, 5.41) is 36.1. The number of unbranched alkanes of at least 4 members (excludes halogenated alkanes) is 2. The molecule has 0 spiro atoms. The van der Waals surface area contributed by atoms with Gasteiger partial charge in [0, 0.05) is 49.1 Å². The molecular formula is C64H88N10O11. The maximum Gasteiger partial charge on any atom is 0.325 e. The number of ether oxygens (including phenoxy) is 1. The highest BCUT2D eigenvalue weighted by molar-refractivity contribution is 5.93. The molecule has 4 heterocycles. The number of pyridine rings is 2. The Bertz CT molecular complexity index is 3000. The third-order valence-corrected chi connectivity index (χ3v) is 14.3. The average Bonchev–Trinajstić information content (AvgIpc) is 3.23. The van der Waals surface area contributed by atoms with Crippen molar-refractivity contribution in [3.8, 4) is 0 Å². The highest BCUT2D eigenvalue weighted by atomic mass is 16.5. The van der Waals surface area contributed by atoms with Crippen LogP contribution in [0.15, 0.2) is 99.4 Å². The molecule has 0 aliphatic carbocycles. The van der Waals surface area contributed by atoms with Crippen molar-refractivity contribution in [2.45, 2.75) is 168 Å². The Morgan fingerprint density at radius 1 is 0.612 bits per heavy atom. The van der Waals surface area contributed by atoms with E-state index in [1.165, 1.54) is 16.9 Å². The molecule has 6 rings (SSSR count). The molecule has 460 valence electrons. The molecule has 4 aromatic rings. The number of allylic oxidation sites excluding steroid dienone is 2. The first-order chi connectivity index (χ1) is 40.4. The molecule has 0 radical (unpaired) electrons. The fourth-order valence-corrected chi connectivity index (χ4v) is 9.22. The van der Waals surface area contributed by atoms with Gasteiger partial charge in [0.05, 0.1) is 17.5 Å². The van der Waals surface area contributed by atoms with Gasteiger partial charge in [-0.3, -0.25) is 58.3 Å². The molecule has 8 atom stereocenters. The van der Waals surface area contributed by atoms with Crippen LogP contribution in [-0.4, -0.2) is 127 Å². The van der Waals surface area contributed by atoms with Gasteiger partial charge in [-0.25, -0.2) is 10.9 Å². The van der Waals surface area contributed by atoms with Crippen LogP contribution >= 0.6 is 0 Å². The van der Waals surface area contributed by atoms with Crippen LogP contribution < -0.4 is 32.1 Å². The minimum atomic E-state index is -1.02. The number of carboxylic acid groups (broad SMARTS) is 1. The molecule has 21 nitrogen and oxygen atoms in total. The summed E-state index contributed by atoms with van der Waals surface area (Å²) in [6, 6.07) is 10.8. The van der Waals surface area contributed by atoms with Crippen LogP contribution in [0, 0.1) is 11.8 Å². The summed E-state index contributed by atoms with van der Waals surface area (Å²) in [6.45, 7) is 29.4. The van der Waals surface area contributed by atoms with Gasteiger partial charge in [0.1, 0.15) is 42.4 Å². The van der Waals surface area contributed by atoms with Gasteiger partial charge in [0.15, 0.2) is 0 Å². The first-order valence-corrected chi connectivity index (χ1v) is 29.1. The zero-order valence-corrected chi connectivity index (χ0v) is 50.5. The van der Waals surface area contributed by atoms with Crippen molar-refractivity contribution in [2.75, 3.05) is 13.1 Å². The monoisotopic (exact) mass is 1170 g/mol. The number of nitrogens with zero attached hydrogens (tertiary/aromatic N) is 4. The van der Waals surface area contributed by atoms with Gasteiger partial charge in [-0.15, -0.1) is 13.2 Å². The van der Waals surface area contributed by atoms with Crippen molar-refractivity contribution in [1.29, 1.82) is 0 Å². The van der Waals surface area contributed by atoms with Gasteiger partial charge in [0.2, 0.25) is 23.6 Å². The lowest BCUT2D eigenvalue weighted by molar-refractivity contribution is -0.157. The minimum Gasteiger partial charge on any atom is -0.480 e. The van der Waals surface area contributed by atoms with Crippen LogP contribution in [-0.2, 0) is 43.1 Å².